The molecule has 0 amide bonds. The minimum Gasteiger partial charge on any atom is -0.246 e. The molecular formula is C27H17F2N. The van der Waals surface area contributed by atoms with Gasteiger partial charge in [0.15, 0.2) is 0 Å². The molecule has 0 bridgehead atoms. The molecule has 30 heavy (non-hydrogen) atoms. The van der Waals surface area contributed by atoms with Gasteiger partial charge < -0.3 is 0 Å². The second-order valence-corrected chi connectivity index (χ2v) is 7.12. The van der Waals surface area contributed by atoms with Crippen molar-refractivity contribution >= 4 is 10.8 Å². The van der Waals surface area contributed by atoms with Crippen LogP contribution < -0.4 is 0 Å². The first-order valence-corrected chi connectivity index (χ1v) is 9.71. The molecule has 0 unspecified atom stereocenters. The van der Waals surface area contributed by atoms with E-state index in [1.165, 1.54) is 24.3 Å². The van der Waals surface area contributed by atoms with Crippen LogP contribution in [-0.4, -0.2) is 4.98 Å². The normalized spacial score (nSPS) is 11.0. The van der Waals surface area contributed by atoms with E-state index >= 15 is 0 Å². The number of benzene rings is 4. The van der Waals surface area contributed by atoms with E-state index in [0.717, 1.165) is 27.6 Å². The van der Waals surface area contributed by atoms with Crippen LogP contribution >= 0.6 is 0 Å². The van der Waals surface area contributed by atoms with Gasteiger partial charge in [-0.25, -0.2) is 13.8 Å². The van der Waals surface area contributed by atoms with Gasteiger partial charge in [-0.05, 0) is 35.2 Å². The summed E-state index contributed by atoms with van der Waals surface area (Å²) in [6.07, 6.45) is 0. The Morgan fingerprint density at radius 3 is 1.73 bits per heavy atom. The van der Waals surface area contributed by atoms with Crippen molar-refractivity contribution in [3.63, 3.8) is 0 Å². The van der Waals surface area contributed by atoms with E-state index in [1.807, 2.05) is 66.7 Å². The molecule has 0 saturated heterocycles. The van der Waals surface area contributed by atoms with Gasteiger partial charge >= 0.3 is 0 Å². The molecular weight excluding hydrogens is 376 g/mol. The molecule has 0 radical (unpaired) electrons. The molecule has 0 N–H and O–H groups in total. The first-order valence-electron chi connectivity index (χ1n) is 9.71. The molecule has 1 aromatic heterocycles. The second-order valence-electron chi connectivity index (χ2n) is 7.12. The third kappa shape index (κ3) is 3.25. The van der Waals surface area contributed by atoms with Crippen molar-refractivity contribution in [1.29, 1.82) is 0 Å². The Hall–Kier alpha value is -3.85. The number of pyridine rings is 1. The first kappa shape index (κ1) is 18.2. The lowest BCUT2D eigenvalue weighted by atomic mass is 9.91. The Labute approximate surface area is 173 Å². The zero-order valence-corrected chi connectivity index (χ0v) is 16.0. The summed E-state index contributed by atoms with van der Waals surface area (Å²) >= 11 is 0. The van der Waals surface area contributed by atoms with Gasteiger partial charge in [0.05, 0.1) is 11.4 Å². The van der Waals surface area contributed by atoms with E-state index in [9.17, 15) is 8.78 Å². The molecule has 4 aromatic carbocycles. The molecule has 144 valence electrons. The fraction of sp³-hybridized carbons (Fsp3) is 0. The number of hydrogen-bond donors (Lipinski definition) is 0. The predicted octanol–water partition coefficient (Wildman–Crippen LogP) is 7.51. The minimum atomic E-state index is -0.339. The highest BCUT2D eigenvalue weighted by Crippen LogP contribution is 2.40. The fourth-order valence-corrected chi connectivity index (χ4v) is 3.86. The Morgan fingerprint density at radius 2 is 1.03 bits per heavy atom. The van der Waals surface area contributed by atoms with E-state index in [-0.39, 0.29) is 11.6 Å². The predicted molar refractivity (Wildman–Crippen MR) is 118 cm³/mol. The molecule has 0 aliphatic rings. The lowest BCUT2D eigenvalue weighted by Gasteiger charge is -2.17. The van der Waals surface area contributed by atoms with Crippen LogP contribution in [0.3, 0.4) is 0 Å². The van der Waals surface area contributed by atoms with Crippen molar-refractivity contribution in [2.24, 2.45) is 0 Å². The molecule has 0 atom stereocenters. The number of rotatable bonds is 3. The topological polar surface area (TPSA) is 12.9 Å². The summed E-state index contributed by atoms with van der Waals surface area (Å²) in [6.45, 7) is 0. The Morgan fingerprint density at radius 1 is 0.467 bits per heavy atom. The van der Waals surface area contributed by atoms with Crippen LogP contribution in [0.4, 0.5) is 8.78 Å². The number of fused-ring (bicyclic) bond motifs is 1. The largest absolute Gasteiger partial charge is 0.246 e. The van der Waals surface area contributed by atoms with Crippen LogP contribution in [0.25, 0.3) is 44.4 Å². The van der Waals surface area contributed by atoms with Crippen molar-refractivity contribution in [3.8, 4) is 33.6 Å². The summed E-state index contributed by atoms with van der Waals surface area (Å²) in [5, 5.41) is 1.90. The third-order valence-corrected chi connectivity index (χ3v) is 5.17. The SMILES string of the molecule is Fc1cccc(-c2nc(-c3ccccc3)c3ccccc3c2-c2cccc(F)c2)c1. The quantitative estimate of drug-likeness (QED) is 0.309. The highest BCUT2D eigenvalue weighted by molar-refractivity contribution is 6.08. The molecule has 5 rings (SSSR count). The van der Waals surface area contributed by atoms with Crippen LogP contribution in [-0.2, 0) is 0 Å². The monoisotopic (exact) mass is 393 g/mol. The summed E-state index contributed by atoms with van der Waals surface area (Å²) in [7, 11) is 0. The van der Waals surface area contributed by atoms with Crippen molar-refractivity contribution in [2.75, 3.05) is 0 Å². The minimum absolute atomic E-state index is 0.325. The molecule has 1 nitrogen and oxygen atoms in total. The molecule has 3 heteroatoms. The first-order chi connectivity index (χ1) is 14.7. The number of hydrogen-bond acceptors (Lipinski definition) is 1. The molecule has 1 heterocycles. The van der Waals surface area contributed by atoms with Crippen LogP contribution in [0.1, 0.15) is 0 Å². The molecule has 0 aliphatic carbocycles. The van der Waals surface area contributed by atoms with Crippen molar-refractivity contribution in [2.45, 2.75) is 0 Å². The molecule has 0 aliphatic heterocycles. The Bertz CT molecular complexity index is 1360. The van der Waals surface area contributed by atoms with Gasteiger partial charge in [-0.2, -0.15) is 0 Å². The summed E-state index contributed by atoms with van der Waals surface area (Å²) in [5.41, 5.74) is 4.55. The van der Waals surface area contributed by atoms with Gasteiger partial charge in [-0.15, -0.1) is 0 Å². The maximum atomic E-state index is 14.1. The Kier molecular flexibility index (Phi) is 4.56. The third-order valence-electron chi connectivity index (χ3n) is 5.17. The summed E-state index contributed by atoms with van der Waals surface area (Å²) in [6, 6.07) is 30.7. The average Bonchev–Trinajstić information content (AvgIpc) is 2.78. The summed E-state index contributed by atoms with van der Waals surface area (Å²) < 4.78 is 28.2. The zero-order chi connectivity index (χ0) is 20.5. The van der Waals surface area contributed by atoms with E-state index in [1.54, 1.807) is 12.1 Å². The molecule has 0 fully saturated rings. The lowest BCUT2D eigenvalue weighted by Crippen LogP contribution is -1.96. The second kappa shape index (κ2) is 7.53. The van der Waals surface area contributed by atoms with E-state index in [2.05, 4.69) is 0 Å². The van der Waals surface area contributed by atoms with Crippen molar-refractivity contribution < 1.29 is 8.78 Å². The summed E-state index contributed by atoms with van der Waals surface area (Å²) in [5.74, 6) is -0.664. The molecule has 0 saturated carbocycles. The van der Waals surface area contributed by atoms with Gasteiger partial charge in [-0.3, -0.25) is 0 Å². The van der Waals surface area contributed by atoms with E-state index in [4.69, 9.17) is 4.98 Å². The van der Waals surface area contributed by atoms with E-state index < -0.39 is 0 Å². The number of aromatic nitrogens is 1. The van der Waals surface area contributed by atoms with Crippen LogP contribution in [0.15, 0.2) is 103 Å². The van der Waals surface area contributed by atoms with Gasteiger partial charge in [0.25, 0.3) is 0 Å². The highest BCUT2D eigenvalue weighted by Gasteiger charge is 2.18. The maximum Gasteiger partial charge on any atom is 0.123 e. The Balaban J connectivity index is 1.93. The summed E-state index contributed by atoms with van der Waals surface area (Å²) in [4.78, 5) is 5.00. The van der Waals surface area contributed by atoms with Gasteiger partial charge in [-0.1, -0.05) is 78.9 Å². The van der Waals surface area contributed by atoms with Crippen molar-refractivity contribution in [1.82, 2.24) is 4.98 Å². The number of halogens is 2. The van der Waals surface area contributed by atoms with Crippen LogP contribution in [0.5, 0.6) is 0 Å². The van der Waals surface area contributed by atoms with Gasteiger partial charge in [0.1, 0.15) is 11.6 Å². The number of nitrogens with zero attached hydrogens (tertiary/aromatic N) is 1. The molecule has 5 aromatic rings. The smallest absolute Gasteiger partial charge is 0.123 e. The highest BCUT2D eigenvalue weighted by atomic mass is 19.1. The van der Waals surface area contributed by atoms with Gasteiger partial charge in [0.2, 0.25) is 0 Å². The zero-order valence-electron chi connectivity index (χ0n) is 16.0. The van der Waals surface area contributed by atoms with Crippen LogP contribution in [0.2, 0.25) is 0 Å². The fourth-order valence-electron chi connectivity index (χ4n) is 3.86. The van der Waals surface area contributed by atoms with E-state index in [0.29, 0.717) is 16.8 Å². The average molecular weight is 393 g/mol. The maximum absolute atomic E-state index is 14.1. The standard InChI is InChI=1S/C27H17F2N/c28-21-12-6-10-19(16-21)25-23-14-4-5-15-24(23)26(18-8-2-1-3-9-18)30-27(25)20-11-7-13-22(29)17-20/h1-17H. The lowest BCUT2D eigenvalue weighted by molar-refractivity contribution is 0.627. The van der Waals surface area contributed by atoms with Crippen LogP contribution in [0, 0.1) is 11.6 Å². The molecule has 0 spiro atoms. The van der Waals surface area contributed by atoms with Crippen molar-refractivity contribution in [3.05, 3.63) is 115 Å². The van der Waals surface area contributed by atoms with Gasteiger partial charge in [0, 0.05) is 22.1 Å².